The molecule has 0 radical (unpaired) electrons. The summed E-state index contributed by atoms with van der Waals surface area (Å²) in [5, 5.41) is -0.741. The first-order chi connectivity index (χ1) is 9.65. The maximum atomic E-state index is 12.4. The number of urea groups is 1. The molecule has 104 valence electrons. The fraction of sp³-hybridized carbons (Fsp3) is 0.308. The van der Waals surface area contributed by atoms with E-state index in [-0.39, 0.29) is 5.91 Å². The molecule has 3 amide bonds. The van der Waals surface area contributed by atoms with Crippen LogP contribution < -0.4 is 4.90 Å². The second kappa shape index (κ2) is 4.82. The number of anilines is 1. The Morgan fingerprint density at radius 1 is 1.30 bits per heavy atom. The van der Waals surface area contributed by atoms with E-state index in [9.17, 15) is 14.4 Å². The molecule has 2 atom stereocenters. The van der Waals surface area contributed by atoms with E-state index in [2.05, 4.69) is 4.74 Å². The van der Waals surface area contributed by atoms with Crippen LogP contribution in [0.25, 0.3) is 0 Å². The minimum atomic E-state index is -0.741. The highest BCUT2D eigenvalue weighted by atomic mass is 32.2. The average molecular weight is 292 g/mol. The van der Waals surface area contributed by atoms with Crippen LogP contribution >= 0.6 is 11.8 Å². The van der Waals surface area contributed by atoms with E-state index in [0.717, 1.165) is 4.90 Å². The molecule has 2 saturated heterocycles. The van der Waals surface area contributed by atoms with Gasteiger partial charge in [-0.1, -0.05) is 18.2 Å². The Morgan fingerprint density at radius 2 is 2.00 bits per heavy atom. The third-order valence-corrected chi connectivity index (χ3v) is 4.58. The number of fused-ring (bicyclic) bond motifs is 1. The summed E-state index contributed by atoms with van der Waals surface area (Å²) in [5.74, 6) is -0.387. The topological polar surface area (TPSA) is 66.9 Å². The zero-order chi connectivity index (χ0) is 14.3. The number of hydrogen-bond acceptors (Lipinski definition) is 5. The molecule has 0 N–H and O–H groups in total. The smallest absolute Gasteiger partial charge is 0.339 e. The van der Waals surface area contributed by atoms with Gasteiger partial charge in [-0.25, -0.2) is 14.5 Å². The highest BCUT2D eigenvalue weighted by Gasteiger charge is 2.55. The molecule has 2 fully saturated rings. The molecule has 0 spiro atoms. The largest absolute Gasteiger partial charge is 0.467 e. The molecule has 20 heavy (non-hydrogen) atoms. The van der Waals surface area contributed by atoms with Gasteiger partial charge >= 0.3 is 12.0 Å². The quantitative estimate of drug-likeness (QED) is 0.602. The number of thioether (sulfide) groups is 1. The van der Waals surface area contributed by atoms with Crippen LogP contribution in [0.4, 0.5) is 10.5 Å². The first-order valence-electron chi connectivity index (χ1n) is 6.06. The first kappa shape index (κ1) is 13.0. The fourth-order valence-electron chi connectivity index (χ4n) is 2.39. The number of rotatable bonds is 2. The van der Waals surface area contributed by atoms with E-state index in [4.69, 9.17) is 0 Å². The fourth-order valence-corrected chi connectivity index (χ4v) is 3.68. The van der Waals surface area contributed by atoms with Gasteiger partial charge in [-0.15, -0.1) is 11.8 Å². The number of carbonyl (C=O) groups is 3. The lowest BCUT2D eigenvalue weighted by Gasteiger charge is -2.20. The summed E-state index contributed by atoms with van der Waals surface area (Å²) < 4.78 is 4.68. The van der Waals surface area contributed by atoms with Gasteiger partial charge in [-0.2, -0.15) is 0 Å². The third-order valence-electron chi connectivity index (χ3n) is 3.34. The summed E-state index contributed by atoms with van der Waals surface area (Å²) in [4.78, 5) is 38.9. The Balaban J connectivity index is 1.94. The minimum Gasteiger partial charge on any atom is -0.467 e. The third kappa shape index (κ3) is 1.77. The predicted octanol–water partition coefficient (Wildman–Crippen LogP) is 1.07. The maximum Gasteiger partial charge on any atom is 0.339 e. The lowest BCUT2D eigenvalue weighted by atomic mass is 10.2. The van der Waals surface area contributed by atoms with Crippen LogP contribution in [0.2, 0.25) is 0 Å². The molecule has 0 saturated carbocycles. The van der Waals surface area contributed by atoms with Crippen LogP contribution in [-0.4, -0.2) is 47.1 Å². The Labute approximate surface area is 119 Å². The van der Waals surface area contributed by atoms with Gasteiger partial charge in [0.05, 0.1) is 12.8 Å². The molecule has 2 aliphatic heterocycles. The summed E-state index contributed by atoms with van der Waals surface area (Å²) in [6.07, 6.45) is 0. The predicted molar refractivity (Wildman–Crippen MR) is 73.2 cm³/mol. The molecule has 7 heteroatoms. The first-order valence-corrected chi connectivity index (χ1v) is 7.10. The number of amides is 3. The van der Waals surface area contributed by atoms with Gasteiger partial charge in [-0.05, 0) is 12.1 Å². The molecule has 3 rings (SSSR count). The number of nitrogens with zero attached hydrogens (tertiary/aromatic N) is 2. The Hall–Kier alpha value is -2.02. The standard InChI is InChI=1S/C13H12N2O4S/c1-19-12(17)11-15-9(7-20-11)10(16)14(13(15)18)8-5-3-2-4-6-8/h2-6,9,11H,7H2,1H3/t9-,11-/m1/s1. The molecule has 2 aliphatic rings. The molecule has 0 aromatic heterocycles. The highest BCUT2D eigenvalue weighted by molar-refractivity contribution is 8.00. The van der Waals surface area contributed by atoms with Crippen molar-refractivity contribution in [1.29, 1.82) is 0 Å². The van der Waals surface area contributed by atoms with Gasteiger partial charge < -0.3 is 4.74 Å². The Bertz CT molecular complexity index is 577. The van der Waals surface area contributed by atoms with Crippen molar-refractivity contribution in [2.45, 2.75) is 11.4 Å². The number of benzene rings is 1. The van der Waals surface area contributed by atoms with Crippen molar-refractivity contribution in [3.05, 3.63) is 30.3 Å². The van der Waals surface area contributed by atoms with Gasteiger partial charge in [0.1, 0.15) is 6.04 Å². The van der Waals surface area contributed by atoms with Crippen LogP contribution in [-0.2, 0) is 14.3 Å². The van der Waals surface area contributed by atoms with E-state index >= 15 is 0 Å². The van der Waals surface area contributed by atoms with Crippen molar-refractivity contribution in [1.82, 2.24) is 4.90 Å². The molecule has 0 aliphatic carbocycles. The molecule has 6 nitrogen and oxygen atoms in total. The van der Waals surface area contributed by atoms with Gasteiger partial charge in [0.15, 0.2) is 5.37 Å². The zero-order valence-corrected chi connectivity index (χ0v) is 11.5. The molecular weight excluding hydrogens is 280 g/mol. The minimum absolute atomic E-state index is 0.292. The van der Waals surface area contributed by atoms with Crippen LogP contribution in [0, 0.1) is 0 Å². The Morgan fingerprint density at radius 3 is 2.65 bits per heavy atom. The zero-order valence-electron chi connectivity index (χ0n) is 10.7. The van der Waals surface area contributed by atoms with E-state index in [1.165, 1.54) is 23.8 Å². The van der Waals surface area contributed by atoms with Crippen molar-refractivity contribution < 1.29 is 19.1 Å². The molecule has 0 unspecified atom stereocenters. The normalized spacial score (nSPS) is 25.1. The number of hydrogen-bond donors (Lipinski definition) is 0. The van der Waals surface area contributed by atoms with E-state index < -0.39 is 23.4 Å². The number of carbonyl (C=O) groups excluding carboxylic acids is 3. The van der Waals surface area contributed by atoms with Crippen LogP contribution in [0.3, 0.4) is 0 Å². The summed E-state index contributed by atoms with van der Waals surface area (Å²) in [7, 11) is 1.27. The van der Waals surface area contributed by atoms with Crippen molar-refractivity contribution >= 4 is 35.4 Å². The van der Waals surface area contributed by atoms with Crippen molar-refractivity contribution in [2.24, 2.45) is 0 Å². The monoisotopic (exact) mass is 292 g/mol. The van der Waals surface area contributed by atoms with Crippen molar-refractivity contribution in [2.75, 3.05) is 17.8 Å². The summed E-state index contributed by atoms with van der Waals surface area (Å²) >= 11 is 1.25. The van der Waals surface area contributed by atoms with Crippen molar-refractivity contribution in [3.8, 4) is 0 Å². The number of esters is 1. The maximum absolute atomic E-state index is 12.4. The number of methoxy groups -OCH3 is 1. The van der Waals surface area contributed by atoms with Crippen LogP contribution in [0.15, 0.2) is 30.3 Å². The summed E-state index contributed by atoms with van der Waals surface area (Å²) in [5.41, 5.74) is 0.519. The number of ether oxygens (including phenoxy) is 1. The molecule has 2 heterocycles. The average Bonchev–Trinajstić information content (AvgIpc) is 3.01. The van der Waals surface area contributed by atoms with E-state index in [1.54, 1.807) is 24.3 Å². The second-order valence-electron chi connectivity index (χ2n) is 4.42. The molecular formula is C13H12N2O4S. The van der Waals surface area contributed by atoms with Crippen LogP contribution in [0.5, 0.6) is 0 Å². The van der Waals surface area contributed by atoms with E-state index in [0.29, 0.717) is 11.4 Å². The van der Waals surface area contributed by atoms with Gasteiger partial charge in [0.25, 0.3) is 5.91 Å². The van der Waals surface area contributed by atoms with Gasteiger partial charge in [0, 0.05) is 5.75 Å². The molecule has 1 aromatic rings. The second-order valence-corrected chi connectivity index (χ2v) is 5.54. The van der Waals surface area contributed by atoms with Gasteiger partial charge in [0.2, 0.25) is 0 Å². The van der Waals surface area contributed by atoms with Gasteiger partial charge in [-0.3, -0.25) is 9.69 Å². The van der Waals surface area contributed by atoms with Crippen molar-refractivity contribution in [3.63, 3.8) is 0 Å². The van der Waals surface area contributed by atoms with E-state index in [1.807, 2.05) is 6.07 Å². The molecule has 1 aromatic carbocycles. The summed E-state index contributed by atoms with van der Waals surface area (Å²) in [6, 6.07) is 7.65. The number of imide groups is 1. The lowest BCUT2D eigenvalue weighted by molar-refractivity contribution is -0.142. The summed E-state index contributed by atoms with van der Waals surface area (Å²) in [6.45, 7) is 0. The number of para-hydroxylation sites is 1. The molecule has 0 bridgehead atoms. The lowest BCUT2D eigenvalue weighted by Crippen LogP contribution is -2.41. The highest BCUT2D eigenvalue weighted by Crippen LogP contribution is 2.37. The SMILES string of the molecule is COC(=O)[C@H]1SC[C@@H]2C(=O)N(c3ccccc3)C(=O)N21. The Kier molecular flexibility index (Phi) is 3.13. The van der Waals surface area contributed by atoms with Crippen LogP contribution in [0.1, 0.15) is 0 Å².